The SMILES string of the molecule is Cc1nc(CNC(=O)C(C)Oc2cccc(C)c2C)cs1. The van der Waals surface area contributed by atoms with E-state index in [1.807, 2.05) is 44.4 Å². The molecular formula is C16H20N2O2S. The van der Waals surface area contributed by atoms with Gasteiger partial charge in [0.1, 0.15) is 5.75 Å². The summed E-state index contributed by atoms with van der Waals surface area (Å²) in [7, 11) is 0. The summed E-state index contributed by atoms with van der Waals surface area (Å²) >= 11 is 1.58. The Balaban J connectivity index is 1.92. The molecule has 0 aliphatic carbocycles. The third-order valence-electron chi connectivity index (χ3n) is 3.34. The average Bonchev–Trinajstić information content (AvgIpc) is 2.87. The minimum absolute atomic E-state index is 0.137. The zero-order valence-electron chi connectivity index (χ0n) is 12.8. The molecule has 1 atom stereocenters. The Morgan fingerprint density at radius 2 is 2.14 bits per heavy atom. The topological polar surface area (TPSA) is 51.2 Å². The number of ether oxygens (including phenoxy) is 1. The van der Waals surface area contributed by atoms with Crippen LogP contribution in [-0.2, 0) is 11.3 Å². The number of aromatic nitrogens is 1. The highest BCUT2D eigenvalue weighted by atomic mass is 32.1. The lowest BCUT2D eigenvalue weighted by atomic mass is 10.1. The van der Waals surface area contributed by atoms with Gasteiger partial charge in [0.2, 0.25) is 0 Å². The number of nitrogens with one attached hydrogen (secondary N) is 1. The highest BCUT2D eigenvalue weighted by Gasteiger charge is 2.16. The summed E-state index contributed by atoms with van der Waals surface area (Å²) in [5.41, 5.74) is 3.09. The maximum absolute atomic E-state index is 12.1. The Hall–Kier alpha value is -1.88. The number of benzene rings is 1. The van der Waals surface area contributed by atoms with E-state index >= 15 is 0 Å². The summed E-state index contributed by atoms with van der Waals surface area (Å²) in [5, 5.41) is 5.80. The first-order valence-corrected chi connectivity index (χ1v) is 7.77. The van der Waals surface area contributed by atoms with Gasteiger partial charge < -0.3 is 10.1 Å². The van der Waals surface area contributed by atoms with Crippen molar-refractivity contribution in [3.05, 3.63) is 45.4 Å². The molecule has 1 amide bonds. The second-order valence-corrected chi connectivity index (χ2v) is 6.10. The molecule has 1 N–H and O–H groups in total. The van der Waals surface area contributed by atoms with Crippen molar-refractivity contribution in [3.63, 3.8) is 0 Å². The number of aryl methyl sites for hydroxylation is 2. The van der Waals surface area contributed by atoms with Crippen LogP contribution in [0.5, 0.6) is 5.75 Å². The molecule has 0 spiro atoms. The standard InChI is InChI=1S/C16H20N2O2S/c1-10-6-5-7-15(11(10)2)20-12(3)16(19)17-8-14-9-21-13(4)18-14/h5-7,9,12H,8H2,1-4H3,(H,17,19). The van der Waals surface area contributed by atoms with E-state index in [0.29, 0.717) is 6.54 Å². The number of hydrogen-bond donors (Lipinski definition) is 1. The maximum atomic E-state index is 12.1. The van der Waals surface area contributed by atoms with Crippen molar-refractivity contribution in [2.24, 2.45) is 0 Å². The predicted molar refractivity (Wildman–Crippen MR) is 84.7 cm³/mol. The van der Waals surface area contributed by atoms with Gasteiger partial charge in [-0.3, -0.25) is 4.79 Å². The molecule has 0 radical (unpaired) electrons. The van der Waals surface area contributed by atoms with E-state index in [2.05, 4.69) is 10.3 Å². The van der Waals surface area contributed by atoms with Crippen molar-refractivity contribution < 1.29 is 9.53 Å². The third kappa shape index (κ3) is 4.04. The first-order chi connectivity index (χ1) is 9.97. The Labute approximate surface area is 129 Å². The Morgan fingerprint density at radius 3 is 2.81 bits per heavy atom. The molecule has 1 unspecified atom stereocenters. The van der Waals surface area contributed by atoms with Gasteiger partial charge in [-0.05, 0) is 44.9 Å². The van der Waals surface area contributed by atoms with Crippen molar-refractivity contribution in [2.45, 2.75) is 40.3 Å². The van der Waals surface area contributed by atoms with E-state index in [0.717, 1.165) is 27.6 Å². The molecule has 4 nitrogen and oxygen atoms in total. The molecule has 0 saturated heterocycles. The van der Waals surface area contributed by atoms with Crippen molar-refractivity contribution in [1.82, 2.24) is 10.3 Å². The number of nitrogens with zero attached hydrogens (tertiary/aromatic N) is 1. The van der Waals surface area contributed by atoms with Crippen LogP contribution in [0.2, 0.25) is 0 Å². The minimum Gasteiger partial charge on any atom is -0.481 e. The number of rotatable bonds is 5. The van der Waals surface area contributed by atoms with Crippen molar-refractivity contribution in [2.75, 3.05) is 0 Å². The first kappa shape index (κ1) is 15.5. The van der Waals surface area contributed by atoms with Crippen LogP contribution in [-0.4, -0.2) is 17.0 Å². The maximum Gasteiger partial charge on any atom is 0.261 e. The summed E-state index contributed by atoms with van der Waals surface area (Å²) < 4.78 is 5.75. The second-order valence-electron chi connectivity index (χ2n) is 5.03. The smallest absolute Gasteiger partial charge is 0.261 e. The fourth-order valence-electron chi connectivity index (χ4n) is 1.91. The van der Waals surface area contributed by atoms with Crippen LogP contribution in [0.4, 0.5) is 0 Å². The molecule has 0 aliphatic rings. The molecule has 21 heavy (non-hydrogen) atoms. The molecule has 1 heterocycles. The molecule has 2 rings (SSSR count). The minimum atomic E-state index is -0.537. The number of hydrogen-bond acceptors (Lipinski definition) is 4. The van der Waals surface area contributed by atoms with Gasteiger partial charge in [0.05, 0.1) is 17.2 Å². The fraction of sp³-hybridized carbons (Fsp3) is 0.375. The summed E-state index contributed by atoms with van der Waals surface area (Å²) in [6.07, 6.45) is -0.537. The van der Waals surface area contributed by atoms with Gasteiger partial charge in [-0.2, -0.15) is 0 Å². The highest BCUT2D eigenvalue weighted by Crippen LogP contribution is 2.21. The van der Waals surface area contributed by atoms with E-state index in [9.17, 15) is 4.79 Å². The van der Waals surface area contributed by atoms with Crippen LogP contribution >= 0.6 is 11.3 Å². The van der Waals surface area contributed by atoms with Crippen LogP contribution in [0.25, 0.3) is 0 Å². The molecule has 0 aliphatic heterocycles. The molecule has 0 bridgehead atoms. The van der Waals surface area contributed by atoms with E-state index < -0.39 is 6.10 Å². The van der Waals surface area contributed by atoms with Crippen molar-refractivity contribution in [1.29, 1.82) is 0 Å². The highest BCUT2D eigenvalue weighted by molar-refractivity contribution is 7.09. The first-order valence-electron chi connectivity index (χ1n) is 6.89. The molecule has 2 aromatic rings. The largest absolute Gasteiger partial charge is 0.481 e. The van der Waals surface area contributed by atoms with Crippen LogP contribution < -0.4 is 10.1 Å². The van der Waals surface area contributed by atoms with Gasteiger partial charge in [0.25, 0.3) is 5.91 Å². The van der Waals surface area contributed by atoms with E-state index in [-0.39, 0.29) is 5.91 Å². The Morgan fingerprint density at radius 1 is 1.38 bits per heavy atom. The fourth-order valence-corrected chi connectivity index (χ4v) is 2.52. The second kappa shape index (κ2) is 6.72. The van der Waals surface area contributed by atoms with E-state index in [1.165, 1.54) is 0 Å². The lowest BCUT2D eigenvalue weighted by Crippen LogP contribution is -2.36. The third-order valence-corrected chi connectivity index (χ3v) is 4.16. The lowest BCUT2D eigenvalue weighted by molar-refractivity contribution is -0.127. The van der Waals surface area contributed by atoms with E-state index in [4.69, 9.17) is 4.74 Å². The summed E-state index contributed by atoms with van der Waals surface area (Å²) in [5.74, 6) is 0.615. The monoisotopic (exact) mass is 304 g/mol. The van der Waals surface area contributed by atoms with E-state index in [1.54, 1.807) is 18.3 Å². The lowest BCUT2D eigenvalue weighted by Gasteiger charge is -2.16. The Bertz CT molecular complexity index is 637. The molecule has 1 aromatic carbocycles. The molecule has 0 fully saturated rings. The van der Waals surface area contributed by atoms with Crippen LogP contribution in [0.1, 0.15) is 28.8 Å². The average molecular weight is 304 g/mol. The molecule has 112 valence electrons. The molecule has 0 saturated carbocycles. The zero-order valence-corrected chi connectivity index (χ0v) is 13.6. The summed E-state index contributed by atoms with van der Waals surface area (Å²) in [6, 6.07) is 5.84. The zero-order chi connectivity index (χ0) is 15.4. The normalized spacial score (nSPS) is 12.0. The van der Waals surface area contributed by atoms with Gasteiger partial charge in [0.15, 0.2) is 6.10 Å². The van der Waals surface area contributed by atoms with Crippen molar-refractivity contribution >= 4 is 17.2 Å². The molecule has 1 aromatic heterocycles. The predicted octanol–water partition coefficient (Wildman–Crippen LogP) is 3.15. The summed E-state index contributed by atoms with van der Waals surface area (Å²) in [4.78, 5) is 16.4. The van der Waals surface area contributed by atoms with Gasteiger partial charge >= 0.3 is 0 Å². The van der Waals surface area contributed by atoms with Crippen LogP contribution in [0.15, 0.2) is 23.6 Å². The number of thiazole rings is 1. The van der Waals surface area contributed by atoms with Crippen LogP contribution in [0.3, 0.4) is 0 Å². The summed E-state index contributed by atoms with van der Waals surface area (Å²) in [6.45, 7) is 8.15. The quantitative estimate of drug-likeness (QED) is 0.923. The number of carbonyl (C=O) groups excluding carboxylic acids is 1. The van der Waals surface area contributed by atoms with Gasteiger partial charge in [-0.1, -0.05) is 12.1 Å². The Kier molecular flexibility index (Phi) is 4.96. The molecule has 5 heteroatoms. The van der Waals surface area contributed by atoms with Crippen LogP contribution in [0, 0.1) is 20.8 Å². The number of amides is 1. The molecular weight excluding hydrogens is 284 g/mol. The van der Waals surface area contributed by atoms with Gasteiger partial charge in [-0.15, -0.1) is 11.3 Å². The number of carbonyl (C=O) groups is 1. The van der Waals surface area contributed by atoms with Gasteiger partial charge in [-0.25, -0.2) is 4.98 Å². The van der Waals surface area contributed by atoms with Crippen molar-refractivity contribution in [3.8, 4) is 5.75 Å². The van der Waals surface area contributed by atoms with Gasteiger partial charge in [0, 0.05) is 5.38 Å².